The molecule has 0 radical (unpaired) electrons. The van der Waals surface area contributed by atoms with Gasteiger partial charge in [-0.25, -0.2) is 4.98 Å². The Kier molecular flexibility index (Phi) is 3.14. The SMILES string of the molecule is N=C(N)c1cnc(-c2ccc(Cl)cc2Cl)s1. The third kappa shape index (κ3) is 2.19. The highest BCUT2D eigenvalue weighted by molar-refractivity contribution is 7.17. The van der Waals surface area contributed by atoms with Gasteiger partial charge < -0.3 is 5.73 Å². The van der Waals surface area contributed by atoms with Crippen molar-refractivity contribution in [3.05, 3.63) is 39.3 Å². The highest BCUT2D eigenvalue weighted by Crippen LogP contribution is 2.32. The maximum atomic E-state index is 7.29. The van der Waals surface area contributed by atoms with E-state index in [1.54, 1.807) is 24.4 Å². The zero-order valence-corrected chi connectivity index (χ0v) is 10.3. The van der Waals surface area contributed by atoms with Crippen molar-refractivity contribution in [2.24, 2.45) is 5.73 Å². The van der Waals surface area contributed by atoms with Gasteiger partial charge in [0.15, 0.2) is 0 Å². The summed E-state index contributed by atoms with van der Waals surface area (Å²) in [5.74, 6) is 0.00818. The number of nitrogens with one attached hydrogen (secondary N) is 1. The average Bonchev–Trinajstić information content (AvgIpc) is 2.66. The van der Waals surface area contributed by atoms with Gasteiger partial charge in [0.1, 0.15) is 10.8 Å². The number of hydrogen-bond donors (Lipinski definition) is 2. The molecule has 1 heterocycles. The van der Waals surface area contributed by atoms with Crippen LogP contribution in [0.4, 0.5) is 0 Å². The number of aromatic nitrogens is 1. The minimum absolute atomic E-state index is 0.00818. The number of hydrogen-bond acceptors (Lipinski definition) is 3. The molecule has 3 N–H and O–H groups in total. The van der Waals surface area contributed by atoms with E-state index >= 15 is 0 Å². The van der Waals surface area contributed by atoms with Crippen LogP contribution in [-0.4, -0.2) is 10.8 Å². The van der Waals surface area contributed by atoms with Crippen LogP contribution in [0.3, 0.4) is 0 Å². The molecule has 0 aliphatic carbocycles. The zero-order chi connectivity index (χ0) is 11.7. The Labute approximate surface area is 106 Å². The van der Waals surface area contributed by atoms with Crippen LogP contribution in [0.1, 0.15) is 4.88 Å². The molecule has 2 aromatic rings. The number of benzene rings is 1. The van der Waals surface area contributed by atoms with Gasteiger partial charge in [0.25, 0.3) is 0 Å². The number of nitrogens with zero attached hydrogens (tertiary/aromatic N) is 1. The minimum atomic E-state index is 0.00818. The highest BCUT2D eigenvalue weighted by atomic mass is 35.5. The fourth-order valence-electron chi connectivity index (χ4n) is 1.19. The highest BCUT2D eigenvalue weighted by Gasteiger charge is 2.10. The van der Waals surface area contributed by atoms with Gasteiger partial charge in [-0.05, 0) is 18.2 Å². The van der Waals surface area contributed by atoms with Crippen LogP contribution in [0.15, 0.2) is 24.4 Å². The molecule has 6 heteroatoms. The largest absolute Gasteiger partial charge is 0.383 e. The number of nitrogens with two attached hydrogens (primary N) is 1. The summed E-state index contributed by atoms with van der Waals surface area (Å²) in [5, 5.41) is 9.14. The van der Waals surface area contributed by atoms with Crippen LogP contribution in [0.2, 0.25) is 10.0 Å². The lowest BCUT2D eigenvalue weighted by Gasteiger charge is -2.00. The van der Waals surface area contributed by atoms with E-state index in [1.807, 2.05) is 0 Å². The summed E-state index contributed by atoms with van der Waals surface area (Å²) < 4.78 is 0. The van der Waals surface area contributed by atoms with Crippen LogP contribution < -0.4 is 5.73 Å². The molecule has 0 spiro atoms. The Bertz CT molecular complexity index is 551. The Morgan fingerprint density at radius 2 is 2.12 bits per heavy atom. The number of halogens is 2. The van der Waals surface area contributed by atoms with E-state index in [-0.39, 0.29) is 5.84 Å². The molecule has 1 aromatic heterocycles. The third-order valence-corrected chi connectivity index (χ3v) is 3.54. The molecule has 0 fully saturated rings. The second-order valence-corrected chi connectivity index (χ2v) is 4.94. The first-order valence-corrected chi connectivity index (χ1v) is 5.91. The predicted octanol–water partition coefficient (Wildman–Crippen LogP) is 3.40. The Morgan fingerprint density at radius 1 is 1.38 bits per heavy atom. The van der Waals surface area contributed by atoms with Crippen molar-refractivity contribution >= 4 is 40.4 Å². The van der Waals surface area contributed by atoms with Crippen LogP contribution in [0.5, 0.6) is 0 Å². The first-order valence-electron chi connectivity index (χ1n) is 4.33. The second-order valence-electron chi connectivity index (χ2n) is 3.07. The van der Waals surface area contributed by atoms with Gasteiger partial charge in [0, 0.05) is 16.8 Å². The number of thiazole rings is 1. The first kappa shape index (κ1) is 11.4. The molecule has 0 bridgehead atoms. The Balaban J connectivity index is 2.46. The second kappa shape index (κ2) is 4.41. The lowest BCUT2D eigenvalue weighted by Crippen LogP contribution is -2.08. The van der Waals surface area contributed by atoms with Gasteiger partial charge >= 0.3 is 0 Å². The quantitative estimate of drug-likeness (QED) is 0.650. The normalized spacial score (nSPS) is 10.4. The summed E-state index contributed by atoms with van der Waals surface area (Å²) in [7, 11) is 0. The monoisotopic (exact) mass is 271 g/mol. The van der Waals surface area contributed by atoms with Crippen molar-refractivity contribution in [3.8, 4) is 10.6 Å². The van der Waals surface area contributed by atoms with Gasteiger partial charge in [-0.3, -0.25) is 5.41 Å². The molecular weight excluding hydrogens is 265 g/mol. The van der Waals surface area contributed by atoms with Crippen molar-refractivity contribution < 1.29 is 0 Å². The number of nitrogen functional groups attached to an aromatic ring is 1. The fraction of sp³-hybridized carbons (Fsp3) is 0. The Morgan fingerprint density at radius 3 is 2.69 bits per heavy atom. The van der Waals surface area contributed by atoms with Crippen LogP contribution in [0, 0.1) is 5.41 Å². The van der Waals surface area contributed by atoms with Crippen molar-refractivity contribution in [2.75, 3.05) is 0 Å². The molecule has 0 aliphatic heterocycles. The van der Waals surface area contributed by atoms with E-state index in [4.69, 9.17) is 34.3 Å². The summed E-state index contributed by atoms with van der Waals surface area (Å²) in [4.78, 5) is 4.79. The fourth-order valence-corrected chi connectivity index (χ4v) is 2.56. The molecule has 0 saturated heterocycles. The topological polar surface area (TPSA) is 62.8 Å². The molecule has 0 amide bonds. The van der Waals surface area contributed by atoms with Crippen LogP contribution in [0.25, 0.3) is 10.6 Å². The van der Waals surface area contributed by atoms with E-state index in [0.717, 1.165) is 10.6 Å². The van der Waals surface area contributed by atoms with Crippen LogP contribution >= 0.6 is 34.5 Å². The van der Waals surface area contributed by atoms with E-state index in [2.05, 4.69) is 4.98 Å². The maximum Gasteiger partial charge on any atom is 0.134 e. The molecule has 1 aromatic carbocycles. The summed E-state index contributed by atoms with van der Waals surface area (Å²) in [5.41, 5.74) is 6.16. The van der Waals surface area contributed by atoms with Crippen molar-refractivity contribution in [3.63, 3.8) is 0 Å². The summed E-state index contributed by atoms with van der Waals surface area (Å²) in [6, 6.07) is 5.21. The smallest absolute Gasteiger partial charge is 0.134 e. The lowest BCUT2D eigenvalue weighted by molar-refractivity contribution is 1.39. The van der Waals surface area contributed by atoms with Gasteiger partial charge in [-0.2, -0.15) is 0 Å². The van der Waals surface area contributed by atoms with Gasteiger partial charge in [0.2, 0.25) is 0 Å². The number of amidine groups is 1. The zero-order valence-electron chi connectivity index (χ0n) is 8.00. The molecule has 3 nitrogen and oxygen atoms in total. The molecule has 2 rings (SSSR count). The van der Waals surface area contributed by atoms with E-state index in [1.165, 1.54) is 11.3 Å². The van der Waals surface area contributed by atoms with Crippen molar-refractivity contribution in [1.29, 1.82) is 5.41 Å². The molecular formula is C10H7Cl2N3S. The van der Waals surface area contributed by atoms with Gasteiger partial charge in [-0.15, -0.1) is 11.3 Å². The van der Waals surface area contributed by atoms with Gasteiger partial charge in [-0.1, -0.05) is 23.2 Å². The maximum absolute atomic E-state index is 7.29. The summed E-state index contributed by atoms with van der Waals surface area (Å²) in [6.07, 6.45) is 1.56. The van der Waals surface area contributed by atoms with E-state index in [0.29, 0.717) is 14.9 Å². The van der Waals surface area contributed by atoms with E-state index in [9.17, 15) is 0 Å². The molecule has 0 atom stereocenters. The Hall–Kier alpha value is -1.10. The van der Waals surface area contributed by atoms with E-state index < -0.39 is 0 Å². The summed E-state index contributed by atoms with van der Waals surface area (Å²) in [6.45, 7) is 0. The third-order valence-electron chi connectivity index (χ3n) is 1.93. The summed E-state index contributed by atoms with van der Waals surface area (Å²) >= 11 is 13.2. The minimum Gasteiger partial charge on any atom is -0.383 e. The number of rotatable bonds is 2. The lowest BCUT2D eigenvalue weighted by atomic mass is 10.2. The van der Waals surface area contributed by atoms with Gasteiger partial charge in [0.05, 0.1) is 9.90 Å². The average molecular weight is 272 g/mol. The molecule has 0 unspecified atom stereocenters. The molecule has 16 heavy (non-hydrogen) atoms. The first-order chi connectivity index (χ1) is 7.58. The molecule has 0 saturated carbocycles. The molecule has 0 aliphatic rings. The molecule has 82 valence electrons. The van der Waals surface area contributed by atoms with Crippen molar-refractivity contribution in [1.82, 2.24) is 4.98 Å². The van der Waals surface area contributed by atoms with Crippen molar-refractivity contribution in [2.45, 2.75) is 0 Å². The standard InChI is InChI=1S/C10H7Cl2N3S/c11-5-1-2-6(7(12)3-5)10-15-4-8(16-10)9(13)14/h1-4H,(H3,13,14). The van der Waals surface area contributed by atoms with Crippen LogP contribution in [-0.2, 0) is 0 Å². The predicted molar refractivity (Wildman–Crippen MR) is 68.6 cm³/mol.